The number of nitrogens with zero attached hydrogens (tertiary/aromatic N) is 2. The Balaban J connectivity index is 2.41. The zero-order valence-electron chi connectivity index (χ0n) is 9.03. The topological polar surface area (TPSA) is 35.8 Å². The van der Waals surface area contributed by atoms with Gasteiger partial charge in [0.15, 0.2) is 0 Å². The second-order valence-corrected chi connectivity index (χ2v) is 4.75. The van der Waals surface area contributed by atoms with E-state index in [1.54, 1.807) is 11.8 Å². The van der Waals surface area contributed by atoms with Crippen LogP contribution in [-0.2, 0) is 0 Å². The maximum absolute atomic E-state index is 8.86. The van der Waals surface area contributed by atoms with Gasteiger partial charge in [0.25, 0.3) is 0 Å². The summed E-state index contributed by atoms with van der Waals surface area (Å²) in [7, 11) is 1.90. The molecule has 1 rings (SSSR count). The minimum absolute atomic E-state index is 0.1000. The number of hydrogen-bond acceptors (Lipinski definition) is 4. The fourth-order valence-electron chi connectivity index (χ4n) is 1.20. The number of aliphatic hydroxyl groups is 1. The molecular weight excluding hydrogens is 196 g/mol. The van der Waals surface area contributed by atoms with E-state index >= 15 is 0 Å². The quantitative estimate of drug-likeness (QED) is 0.721. The maximum Gasteiger partial charge on any atom is 0.0956 e. The molecule has 1 aliphatic rings. The summed E-state index contributed by atoms with van der Waals surface area (Å²) in [5, 5.41) is 12.2. The lowest BCUT2D eigenvalue weighted by Crippen LogP contribution is -2.23. The maximum atomic E-state index is 8.86. The minimum atomic E-state index is 0.1000. The van der Waals surface area contributed by atoms with Gasteiger partial charge in [0.05, 0.1) is 18.3 Å². The Morgan fingerprint density at radius 1 is 1.64 bits per heavy atom. The zero-order valence-corrected chi connectivity index (χ0v) is 9.84. The monoisotopic (exact) mass is 214 g/mol. The van der Waals surface area contributed by atoms with Crippen LogP contribution in [0.1, 0.15) is 13.8 Å². The van der Waals surface area contributed by atoms with Crippen molar-refractivity contribution in [1.29, 1.82) is 0 Å². The predicted octanol–water partition coefficient (Wildman–Crippen LogP) is 1.55. The average molecular weight is 214 g/mol. The van der Waals surface area contributed by atoms with Gasteiger partial charge in [0.1, 0.15) is 0 Å². The lowest BCUT2D eigenvalue weighted by Gasteiger charge is -2.18. The van der Waals surface area contributed by atoms with Gasteiger partial charge in [0, 0.05) is 12.5 Å². The summed E-state index contributed by atoms with van der Waals surface area (Å²) in [6.45, 7) is 6.00. The molecule has 0 saturated heterocycles. The Bertz CT molecular complexity index is 249. The lowest BCUT2D eigenvalue weighted by molar-refractivity contribution is 0.141. The van der Waals surface area contributed by atoms with Crippen molar-refractivity contribution in [1.82, 2.24) is 4.90 Å². The molecule has 3 nitrogen and oxygen atoms in total. The third kappa shape index (κ3) is 3.44. The SMILES string of the molecule is CC(C)C1=NCC(CN(C)CO)=CS1. The highest BCUT2D eigenvalue weighted by atomic mass is 32.2. The molecule has 4 heteroatoms. The largest absolute Gasteiger partial charge is 0.381 e. The van der Waals surface area contributed by atoms with Crippen LogP contribution in [-0.4, -0.2) is 41.9 Å². The third-order valence-corrected chi connectivity index (χ3v) is 3.29. The van der Waals surface area contributed by atoms with Crippen molar-refractivity contribution >= 4 is 16.8 Å². The van der Waals surface area contributed by atoms with Crippen LogP contribution in [0.25, 0.3) is 0 Å². The van der Waals surface area contributed by atoms with Gasteiger partial charge < -0.3 is 5.11 Å². The van der Waals surface area contributed by atoms with Crippen molar-refractivity contribution in [3.8, 4) is 0 Å². The van der Waals surface area contributed by atoms with Gasteiger partial charge in [-0.1, -0.05) is 25.6 Å². The molecule has 0 saturated carbocycles. The van der Waals surface area contributed by atoms with Crippen molar-refractivity contribution in [2.45, 2.75) is 13.8 Å². The van der Waals surface area contributed by atoms with Crippen molar-refractivity contribution in [2.24, 2.45) is 10.9 Å². The molecule has 0 aromatic rings. The molecule has 0 fully saturated rings. The molecule has 0 aromatic carbocycles. The molecule has 0 bridgehead atoms. The van der Waals surface area contributed by atoms with Crippen LogP contribution in [0.15, 0.2) is 16.0 Å². The number of thioether (sulfide) groups is 1. The van der Waals surface area contributed by atoms with E-state index in [0.717, 1.165) is 13.1 Å². The molecule has 0 atom stereocenters. The number of hydrogen-bond donors (Lipinski definition) is 1. The van der Waals surface area contributed by atoms with Crippen molar-refractivity contribution < 1.29 is 5.11 Å². The van der Waals surface area contributed by atoms with E-state index in [4.69, 9.17) is 5.11 Å². The van der Waals surface area contributed by atoms with E-state index < -0.39 is 0 Å². The van der Waals surface area contributed by atoms with Gasteiger partial charge in [-0.25, -0.2) is 0 Å². The van der Waals surface area contributed by atoms with E-state index in [2.05, 4.69) is 24.2 Å². The van der Waals surface area contributed by atoms with Gasteiger partial charge in [0.2, 0.25) is 0 Å². The lowest BCUT2D eigenvalue weighted by atomic mass is 10.2. The molecule has 0 radical (unpaired) electrons. The van der Waals surface area contributed by atoms with E-state index in [9.17, 15) is 0 Å². The van der Waals surface area contributed by atoms with Gasteiger partial charge in [-0.15, -0.1) is 0 Å². The van der Waals surface area contributed by atoms with Crippen LogP contribution in [0.5, 0.6) is 0 Å². The highest BCUT2D eigenvalue weighted by Crippen LogP contribution is 2.21. The predicted molar refractivity (Wildman–Crippen MR) is 62.5 cm³/mol. The Hall–Kier alpha value is -0.320. The van der Waals surface area contributed by atoms with Gasteiger partial charge in [-0.2, -0.15) is 0 Å². The van der Waals surface area contributed by atoms with Gasteiger partial charge in [-0.3, -0.25) is 9.89 Å². The molecule has 1 heterocycles. The Morgan fingerprint density at radius 2 is 2.36 bits per heavy atom. The van der Waals surface area contributed by atoms with E-state index in [-0.39, 0.29) is 6.73 Å². The van der Waals surface area contributed by atoms with Crippen LogP contribution >= 0.6 is 11.8 Å². The summed E-state index contributed by atoms with van der Waals surface area (Å²) in [6.07, 6.45) is 0. The van der Waals surface area contributed by atoms with E-state index in [1.807, 2.05) is 11.9 Å². The summed E-state index contributed by atoms with van der Waals surface area (Å²) >= 11 is 1.71. The highest BCUT2D eigenvalue weighted by molar-refractivity contribution is 8.16. The second-order valence-electron chi connectivity index (χ2n) is 3.86. The molecular formula is C10H18N2OS. The molecule has 0 spiro atoms. The summed E-state index contributed by atoms with van der Waals surface area (Å²) in [4.78, 5) is 6.36. The van der Waals surface area contributed by atoms with Crippen molar-refractivity contribution in [3.05, 3.63) is 11.0 Å². The summed E-state index contributed by atoms with van der Waals surface area (Å²) in [6, 6.07) is 0. The van der Waals surface area contributed by atoms with Gasteiger partial charge >= 0.3 is 0 Å². The second kappa shape index (κ2) is 5.53. The molecule has 0 aliphatic carbocycles. The van der Waals surface area contributed by atoms with Crippen molar-refractivity contribution in [3.63, 3.8) is 0 Å². The number of rotatable bonds is 4. The molecule has 1 N–H and O–H groups in total. The Labute approximate surface area is 89.9 Å². The number of aliphatic hydroxyl groups excluding tert-OH is 1. The van der Waals surface area contributed by atoms with Crippen LogP contribution in [0, 0.1) is 5.92 Å². The smallest absolute Gasteiger partial charge is 0.0956 e. The minimum Gasteiger partial charge on any atom is -0.381 e. The highest BCUT2D eigenvalue weighted by Gasteiger charge is 2.11. The summed E-state index contributed by atoms with van der Waals surface area (Å²) in [5.74, 6) is 0.522. The standard InChI is InChI=1S/C10H18N2OS/c1-8(2)10-11-4-9(6-14-10)5-12(3)7-13/h6,8,13H,4-5,7H2,1-3H3. The fourth-order valence-corrected chi connectivity index (χ4v) is 2.05. The third-order valence-electron chi connectivity index (χ3n) is 1.99. The molecule has 0 aromatic heterocycles. The summed E-state index contributed by atoms with van der Waals surface area (Å²) < 4.78 is 0. The number of likely N-dealkylation sites (N-methyl/N-ethyl adjacent to an activating group) is 1. The molecule has 80 valence electrons. The normalized spacial score (nSPS) is 17.3. The number of aliphatic imine (C=N–C) groups is 1. The Morgan fingerprint density at radius 3 is 2.79 bits per heavy atom. The molecule has 0 amide bonds. The van der Waals surface area contributed by atoms with Crippen LogP contribution < -0.4 is 0 Å². The zero-order chi connectivity index (χ0) is 10.6. The van der Waals surface area contributed by atoms with E-state index in [1.165, 1.54) is 10.6 Å². The van der Waals surface area contributed by atoms with Crippen LogP contribution in [0.4, 0.5) is 0 Å². The first kappa shape index (κ1) is 11.8. The summed E-state index contributed by atoms with van der Waals surface area (Å²) in [5.41, 5.74) is 1.27. The Kier molecular flexibility index (Phi) is 4.65. The first-order valence-electron chi connectivity index (χ1n) is 4.81. The first-order chi connectivity index (χ1) is 6.63. The van der Waals surface area contributed by atoms with Crippen molar-refractivity contribution in [2.75, 3.05) is 26.9 Å². The fraction of sp³-hybridized carbons (Fsp3) is 0.700. The van der Waals surface area contributed by atoms with E-state index in [0.29, 0.717) is 5.92 Å². The van der Waals surface area contributed by atoms with Crippen LogP contribution in [0.2, 0.25) is 0 Å². The molecule has 14 heavy (non-hydrogen) atoms. The average Bonchev–Trinajstić information content (AvgIpc) is 2.18. The van der Waals surface area contributed by atoms with Crippen LogP contribution in [0.3, 0.4) is 0 Å². The first-order valence-corrected chi connectivity index (χ1v) is 5.69. The molecule has 1 aliphatic heterocycles. The van der Waals surface area contributed by atoms with Gasteiger partial charge in [-0.05, 0) is 18.0 Å². The molecule has 0 unspecified atom stereocenters.